The number of phenolic OH excluding ortho intramolecular Hbond substituents is 1. The first-order valence-electron chi connectivity index (χ1n) is 10.0. The number of methoxy groups -OCH3 is 2. The lowest BCUT2D eigenvalue weighted by atomic mass is 9.46. The van der Waals surface area contributed by atoms with Crippen LogP contribution in [-0.2, 0) is 0 Å². The summed E-state index contributed by atoms with van der Waals surface area (Å²) in [5, 5.41) is 11.0. The highest BCUT2D eigenvalue weighted by Gasteiger charge is 2.53. The number of hydrogen-bond acceptors (Lipinski definition) is 4. The SMILES string of the molecule is C=C1/C(=C/c2c(OC)cc(OC)c(C(=O)CC(C)C)c2O)C[C@H]2C[C@@H]1C2(C)C. The zero-order valence-corrected chi connectivity index (χ0v) is 17.9. The van der Waals surface area contributed by atoms with E-state index in [9.17, 15) is 9.90 Å². The standard InChI is InChI=1S/C24H32O4/c1-13(2)8-19(25)22-21(28-7)12-20(27-6)17(23(22)26)10-15-9-16-11-18(14(15)3)24(16,4)5/h10,12-13,16,18,26H,3,8-9,11H2,1-2,4-7H3/b15-10+/t16-,18-/m0/s1. The van der Waals surface area contributed by atoms with E-state index >= 15 is 0 Å². The molecule has 3 aliphatic carbocycles. The molecular formula is C24H32O4. The number of phenols is 1. The van der Waals surface area contributed by atoms with Crippen molar-refractivity contribution in [3.8, 4) is 17.2 Å². The number of carbonyl (C=O) groups excluding carboxylic acids is 1. The monoisotopic (exact) mass is 384 g/mol. The maximum Gasteiger partial charge on any atom is 0.170 e. The number of aromatic hydroxyl groups is 1. The Kier molecular flexibility index (Phi) is 5.35. The molecule has 28 heavy (non-hydrogen) atoms. The van der Waals surface area contributed by atoms with Crippen LogP contribution in [0.15, 0.2) is 23.8 Å². The van der Waals surface area contributed by atoms with Gasteiger partial charge in [-0.2, -0.15) is 0 Å². The van der Waals surface area contributed by atoms with Gasteiger partial charge in [-0.1, -0.05) is 34.3 Å². The van der Waals surface area contributed by atoms with Crippen LogP contribution in [0, 0.1) is 23.2 Å². The molecule has 0 aliphatic heterocycles. The minimum Gasteiger partial charge on any atom is -0.506 e. The third-order valence-electron chi connectivity index (χ3n) is 6.67. The molecule has 4 rings (SSSR count). The van der Waals surface area contributed by atoms with Crippen molar-refractivity contribution in [2.45, 2.75) is 47.0 Å². The number of carbonyl (C=O) groups is 1. The summed E-state index contributed by atoms with van der Waals surface area (Å²) >= 11 is 0. The first kappa shape index (κ1) is 20.5. The third kappa shape index (κ3) is 3.23. The van der Waals surface area contributed by atoms with Crippen LogP contribution in [0.25, 0.3) is 6.08 Å². The molecule has 1 aromatic carbocycles. The maximum atomic E-state index is 12.8. The van der Waals surface area contributed by atoms with Gasteiger partial charge in [0.1, 0.15) is 22.8 Å². The van der Waals surface area contributed by atoms with Crippen molar-refractivity contribution in [1.82, 2.24) is 0 Å². The fraction of sp³-hybridized carbons (Fsp3) is 0.542. The minimum absolute atomic E-state index is 0.0688. The Morgan fingerprint density at radius 3 is 2.46 bits per heavy atom. The van der Waals surface area contributed by atoms with Crippen LogP contribution in [0.3, 0.4) is 0 Å². The average Bonchev–Trinajstić information content (AvgIpc) is 2.62. The number of fused-ring (bicyclic) bond motifs is 2. The van der Waals surface area contributed by atoms with E-state index in [1.165, 1.54) is 13.5 Å². The molecule has 3 saturated carbocycles. The highest BCUT2D eigenvalue weighted by molar-refractivity contribution is 6.03. The van der Waals surface area contributed by atoms with Crippen LogP contribution in [0.4, 0.5) is 0 Å². The lowest BCUT2D eigenvalue weighted by molar-refractivity contribution is -0.0104. The predicted octanol–water partition coefficient (Wildman–Crippen LogP) is 5.64. The topological polar surface area (TPSA) is 55.8 Å². The van der Waals surface area contributed by atoms with Gasteiger partial charge >= 0.3 is 0 Å². The zero-order valence-electron chi connectivity index (χ0n) is 17.9. The summed E-state index contributed by atoms with van der Waals surface area (Å²) in [4.78, 5) is 12.8. The molecule has 4 heteroatoms. The fourth-order valence-electron chi connectivity index (χ4n) is 4.75. The minimum atomic E-state index is -0.127. The highest BCUT2D eigenvalue weighted by Crippen LogP contribution is 2.62. The van der Waals surface area contributed by atoms with Crippen molar-refractivity contribution in [1.29, 1.82) is 0 Å². The first-order chi connectivity index (χ1) is 13.1. The van der Waals surface area contributed by atoms with Crippen LogP contribution >= 0.6 is 0 Å². The van der Waals surface area contributed by atoms with Crippen LogP contribution in [0.1, 0.15) is 62.9 Å². The van der Waals surface area contributed by atoms with E-state index in [0.29, 0.717) is 40.7 Å². The molecule has 0 unspecified atom stereocenters. The second kappa shape index (κ2) is 7.31. The fourth-order valence-corrected chi connectivity index (χ4v) is 4.75. The number of ether oxygens (including phenoxy) is 2. The van der Waals surface area contributed by atoms with Gasteiger partial charge < -0.3 is 14.6 Å². The van der Waals surface area contributed by atoms with Gasteiger partial charge in [0.05, 0.1) is 19.8 Å². The number of rotatable bonds is 6. The lowest BCUT2D eigenvalue weighted by Gasteiger charge is -2.58. The number of allylic oxidation sites excluding steroid dienone is 2. The van der Waals surface area contributed by atoms with Gasteiger partial charge in [0.25, 0.3) is 0 Å². The summed E-state index contributed by atoms with van der Waals surface area (Å²) in [7, 11) is 3.05. The quantitative estimate of drug-likeness (QED) is 0.645. The van der Waals surface area contributed by atoms with Crippen LogP contribution in [0.2, 0.25) is 0 Å². The van der Waals surface area contributed by atoms with E-state index in [1.807, 2.05) is 19.9 Å². The molecule has 0 heterocycles. The zero-order chi connectivity index (χ0) is 20.8. The summed E-state index contributed by atoms with van der Waals surface area (Å²) in [5.74, 6) is 1.93. The van der Waals surface area contributed by atoms with E-state index in [4.69, 9.17) is 9.47 Å². The van der Waals surface area contributed by atoms with Crippen molar-refractivity contribution in [2.75, 3.05) is 14.2 Å². The Labute approximate surface area is 168 Å². The number of Topliss-reactive ketones (excluding diaryl/α,β-unsaturated/α-hetero) is 1. The summed E-state index contributed by atoms with van der Waals surface area (Å²) in [5.41, 5.74) is 3.33. The molecule has 3 aliphatic rings. The molecule has 0 aromatic heterocycles. The van der Waals surface area contributed by atoms with Crippen LogP contribution in [-0.4, -0.2) is 25.1 Å². The van der Waals surface area contributed by atoms with Gasteiger partial charge in [-0.25, -0.2) is 0 Å². The Bertz CT molecular complexity index is 845. The Morgan fingerprint density at radius 1 is 1.32 bits per heavy atom. The van der Waals surface area contributed by atoms with Gasteiger partial charge in [-0.3, -0.25) is 4.79 Å². The van der Waals surface area contributed by atoms with Gasteiger partial charge in [-0.05, 0) is 53.2 Å². The highest BCUT2D eigenvalue weighted by atomic mass is 16.5. The van der Waals surface area contributed by atoms with E-state index in [2.05, 4.69) is 20.4 Å². The van der Waals surface area contributed by atoms with Crippen molar-refractivity contribution >= 4 is 11.9 Å². The molecule has 2 bridgehead atoms. The average molecular weight is 385 g/mol. The van der Waals surface area contributed by atoms with Crippen LogP contribution < -0.4 is 9.47 Å². The maximum absolute atomic E-state index is 12.8. The summed E-state index contributed by atoms with van der Waals surface area (Å²) in [6, 6.07) is 1.69. The van der Waals surface area contributed by atoms with E-state index in [-0.39, 0.29) is 23.0 Å². The number of benzene rings is 1. The van der Waals surface area contributed by atoms with E-state index < -0.39 is 0 Å². The Morgan fingerprint density at radius 2 is 1.96 bits per heavy atom. The molecule has 3 fully saturated rings. The Hall–Kier alpha value is -2.23. The molecule has 0 saturated heterocycles. The lowest BCUT2D eigenvalue weighted by Crippen LogP contribution is -2.49. The molecule has 0 spiro atoms. The molecule has 0 amide bonds. The first-order valence-corrected chi connectivity index (χ1v) is 10.0. The molecule has 152 valence electrons. The van der Waals surface area contributed by atoms with Gasteiger partial charge in [-0.15, -0.1) is 0 Å². The van der Waals surface area contributed by atoms with Gasteiger partial charge in [0.2, 0.25) is 0 Å². The predicted molar refractivity (Wildman–Crippen MR) is 112 cm³/mol. The normalized spacial score (nSPS) is 24.2. The molecule has 1 N–H and O–H groups in total. The van der Waals surface area contributed by atoms with Crippen molar-refractivity contribution in [3.05, 3.63) is 34.9 Å². The molecular weight excluding hydrogens is 352 g/mol. The summed E-state index contributed by atoms with van der Waals surface area (Å²) in [6.45, 7) is 12.9. The molecule has 1 aromatic rings. The molecule has 0 radical (unpaired) electrons. The van der Waals surface area contributed by atoms with Crippen molar-refractivity contribution in [3.63, 3.8) is 0 Å². The van der Waals surface area contributed by atoms with Crippen molar-refractivity contribution < 1.29 is 19.4 Å². The van der Waals surface area contributed by atoms with Crippen LogP contribution in [0.5, 0.6) is 17.2 Å². The number of hydrogen-bond donors (Lipinski definition) is 1. The molecule has 4 nitrogen and oxygen atoms in total. The summed E-state index contributed by atoms with van der Waals surface area (Å²) in [6.07, 6.45) is 4.42. The van der Waals surface area contributed by atoms with E-state index in [1.54, 1.807) is 13.2 Å². The molecule has 2 atom stereocenters. The number of ketones is 1. The largest absolute Gasteiger partial charge is 0.506 e. The Balaban J connectivity index is 2.08. The van der Waals surface area contributed by atoms with Gasteiger partial charge in [0.15, 0.2) is 5.78 Å². The summed E-state index contributed by atoms with van der Waals surface area (Å²) < 4.78 is 10.9. The van der Waals surface area contributed by atoms with Crippen molar-refractivity contribution in [2.24, 2.45) is 23.2 Å². The van der Waals surface area contributed by atoms with E-state index in [0.717, 1.165) is 17.6 Å². The van der Waals surface area contributed by atoms with Gasteiger partial charge in [0, 0.05) is 12.5 Å². The second-order valence-corrected chi connectivity index (χ2v) is 9.15. The second-order valence-electron chi connectivity index (χ2n) is 9.15. The smallest absolute Gasteiger partial charge is 0.170 e. The third-order valence-corrected chi connectivity index (χ3v) is 6.67.